The van der Waals surface area contributed by atoms with E-state index in [-0.39, 0.29) is 0 Å². The number of hydrogen-bond donors (Lipinski definition) is 0. The molecule has 0 radical (unpaired) electrons. The third kappa shape index (κ3) is 4.95. The molecule has 2 heterocycles. The Bertz CT molecular complexity index is 565. The molecule has 0 spiro atoms. The van der Waals surface area contributed by atoms with E-state index in [0.717, 1.165) is 18.8 Å². The van der Waals surface area contributed by atoms with E-state index in [1.54, 1.807) is 0 Å². The van der Waals surface area contributed by atoms with Gasteiger partial charge in [0.05, 0.1) is 18.8 Å². The third-order valence-corrected chi connectivity index (χ3v) is 10.8. The second kappa shape index (κ2) is 7.44. The van der Waals surface area contributed by atoms with E-state index in [4.69, 9.17) is 8.62 Å². The van der Waals surface area contributed by atoms with Gasteiger partial charge in [0.25, 0.3) is 0 Å². The lowest BCUT2D eigenvalue weighted by atomic mass is 11.2. The second-order valence-corrected chi connectivity index (χ2v) is 11.2. The molecule has 17 heteroatoms. The lowest BCUT2D eigenvalue weighted by Gasteiger charge is -2.33. The molecule has 0 amide bonds. The second-order valence-electron chi connectivity index (χ2n) is 3.09. The molecule has 0 N–H and O–H groups in total. The van der Waals surface area contributed by atoms with Crippen molar-refractivity contribution in [2.75, 3.05) is 0 Å². The van der Waals surface area contributed by atoms with E-state index >= 15 is 0 Å². The molecule has 0 unspecified atom stereocenters. The molecule has 2 aliphatic rings. The van der Waals surface area contributed by atoms with Gasteiger partial charge in [-0.05, 0) is 0 Å². The highest BCUT2D eigenvalue weighted by molar-refractivity contribution is 7.78. The van der Waals surface area contributed by atoms with Gasteiger partial charge in [-0.15, -0.1) is 0 Å². The standard InChI is InChI=1S/C6H9O12P5/c1-4-10-21(7)13-19(14-21)17-23(9,12-6-3)18-20-15-22(8,16-20)11-5-2/h4-6H,1-3H2. The maximum atomic E-state index is 12.2. The van der Waals surface area contributed by atoms with Gasteiger partial charge in [0.1, 0.15) is 0 Å². The van der Waals surface area contributed by atoms with Crippen molar-refractivity contribution in [3.8, 4) is 0 Å². The van der Waals surface area contributed by atoms with Crippen LogP contribution in [0.2, 0.25) is 0 Å². The molecule has 2 rings (SSSR count). The van der Waals surface area contributed by atoms with Crippen LogP contribution in [0.3, 0.4) is 0 Å². The van der Waals surface area contributed by atoms with Gasteiger partial charge in [0, 0.05) is 0 Å². The highest BCUT2D eigenvalue weighted by atomic mass is 31.4. The van der Waals surface area contributed by atoms with Crippen LogP contribution in [0.5, 0.6) is 0 Å². The maximum Gasteiger partial charge on any atom is 0.543 e. The van der Waals surface area contributed by atoms with Crippen LogP contribution in [0.1, 0.15) is 0 Å². The van der Waals surface area contributed by atoms with Crippen molar-refractivity contribution in [3.63, 3.8) is 0 Å². The molecule has 0 atom stereocenters. The first-order valence-corrected chi connectivity index (χ1v) is 11.8. The fourth-order valence-corrected chi connectivity index (χ4v) is 8.39. The fourth-order valence-electron chi connectivity index (χ4n) is 0.966. The minimum atomic E-state index is -4.38. The highest BCUT2D eigenvalue weighted by Gasteiger charge is 2.57. The van der Waals surface area contributed by atoms with E-state index in [1.165, 1.54) is 0 Å². The zero-order chi connectivity index (χ0) is 17.1. The summed E-state index contributed by atoms with van der Waals surface area (Å²) in [5, 5.41) is 0. The molecule has 0 aromatic rings. The number of hydrogen-bond acceptors (Lipinski definition) is 12. The zero-order valence-corrected chi connectivity index (χ0v) is 15.5. The lowest BCUT2D eigenvalue weighted by Crippen LogP contribution is -2.08. The number of phosphoric acid groups is 3. The Hall–Kier alpha value is -0.0700. The quantitative estimate of drug-likeness (QED) is 0.327. The minimum absolute atomic E-state index is 0.741. The van der Waals surface area contributed by atoms with Crippen LogP contribution < -0.4 is 0 Å². The summed E-state index contributed by atoms with van der Waals surface area (Å²) < 4.78 is 76.9. The monoisotopic (exact) mass is 428 g/mol. The van der Waals surface area contributed by atoms with Crippen LogP contribution in [0.25, 0.3) is 0 Å². The van der Waals surface area contributed by atoms with Gasteiger partial charge < -0.3 is 13.6 Å². The molecular formula is C6H9O12P5. The van der Waals surface area contributed by atoms with Crippen molar-refractivity contribution < 1.29 is 53.1 Å². The molecule has 12 nitrogen and oxygen atoms in total. The van der Waals surface area contributed by atoms with Crippen molar-refractivity contribution in [2.45, 2.75) is 0 Å². The molecule has 0 aromatic heterocycles. The van der Waals surface area contributed by atoms with Gasteiger partial charge >= 0.3 is 40.7 Å². The Morgan fingerprint density at radius 1 is 0.826 bits per heavy atom. The Morgan fingerprint density at radius 3 is 1.52 bits per heavy atom. The fraction of sp³-hybridized carbons (Fsp3) is 0. The smallest absolute Gasteiger partial charge is 0.412 e. The van der Waals surface area contributed by atoms with E-state index in [9.17, 15) is 13.7 Å². The molecule has 2 fully saturated rings. The Balaban J connectivity index is 1.88. The Morgan fingerprint density at radius 2 is 1.22 bits per heavy atom. The summed E-state index contributed by atoms with van der Waals surface area (Å²) in [6.07, 6.45) is 2.41. The van der Waals surface area contributed by atoms with E-state index in [2.05, 4.69) is 50.6 Å². The van der Waals surface area contributed by atoms with Gasteiger partial charge in [0.2, 0.25) is 0 Å². The molecule has 23 heavy (non-hydrogen) atoms. The first kappa shape index (κ1) is 19.3. The first-order valence-electron chi connectivity index (χ1n) is 5.22. The van der Waals surface area contributed by atoms with E-state index in [0.29, 0.717) is 0 Å². The Kier molecular flexibility index (Phi) is 6.23. The van der Waals surface area contributed by atoms with Gasteiger partial charge in [0.15, 0.2) is 0 Å². The predicted molar refractivity (Wildman–Crippen MR) is 77.0 cm³/mol. The predicted octanol–water partition coefficient (Wildman–Crippen LogP) is 5.37. The molecule has 0 saturated carbocycles. The molecular weight excluding hydrogens is 419 g/mol. The summed E-state index contributed by atoms with van der Waals surface area (Å²) in [5.74, 6) is 0. The van der Waals surface area contributed by atoms with Crippen LogP contribution in [0, 0.1) is 0 Å². The van der Waals surface area contributed by atoms with Gasteiger partial charge in [-0.25, -0.2) is 13.7 Å². The van der Waals surface area contributed by atoms with E-state index < -0.39 is 40.7 Å². The molecule has 0 aromatic carbocycles. The van der Waals surface area contributed by atoms with Crippen molar-refractivity contribution in [1.29, 1.82) is 0 Å². The van der Waals surface area contributed by atoms with Crippen LogP contribution >= 0.6 is 40.7 Å². The summed E-state index contributed by atoms with van der Waals surface area (Å²) >= 11 is 0. The minimum Gasteiger partial charge on any atom is -0.412 e. The summed E-state index contributed by atoms with van der Waals surface area (Å²) in [5.41, 5.74) is 0. The number of rotatable bonds is 10. The topological polar surface area (TPSA) is 134 Å². The maximum absolute atomic E-state index is 12.2. The lowest BCUT2D eigenvalue weighted by molar-refractivity contribution is 0.167. The average molecular weight is 428 g/mol. The third-order valence-electron chi connectivity index (χ3n) is 1.61. The molecule has 2 saturated heterocycles. The van der Waals surface area contributed by atoms with Gasteiger partial charge in [-0.1, -0.05) is 19.7 Å². The first-order chi connectivity index (χ1) is 10.8. The molecule has 130 valence electrons. The summed E-state index contributed by atoms with van der Waals surface area (Å²) in [6.45, 7) is 9.50. The van der Waals surface area contributed by atoms with Crippen molar-refractivity contribution in [2.24, 2.45) is 0 Å². The van der Waals surface area contributed by atoms with Gasteiger partial charge in [-0.2, -0.15) is 25.9 Å². The van der Waals surface area contributed by atoms with Crippen LogP contribution in [-0.2, 0) is 53.1 Å². The van der Waals surface area contributed by atoms with Crippen molar-refractivity contribution >= 4 is 40.7 Å². The zero-order valence-electron chi connectivity index (χ0n) is 11.0. The normalized spacial score (nSPS) is 38.1. The van der Waals surface area contributed by atoms with Crippen molar-refractivity contribution in [1.82, 2.24) is 0 Å². The van der Waals surface area contributed by atoms with Crippen LogP contribution in [0.4, 0.5) is 0 Å². The molecule has 0 aliphatic carbocycles. The Labute approximate surface area is 133 Å². The SMILES string of the molecule is C=COP1(=O)OP(OP(=O)(OC=C)OP2OP(=O)(OC=C)O2)O1. The average Bonchev–Trinajstić information content (AvgIpc) is 2.35. The molecule has 0 bridgehead atoms. The van der Waals surface area contributed by atoms with E-state index in [1.807, 2.05) is 0 Å². The van der Waals surface area contributed by atoms with Gasteiger partial charge in [-0.3, -0.25) is 0 Å². The largest absolute Gasteiger partial charge is 0.543 e. The van der Waals surface area contributed by atoms with Crippen LogP contribution in [-0.4, -0.2) is 0 Å². The van der Waals surface area contributed by atoms with Crippen molar-refractivity contribution in [3.05, 3.63) is 38.5 Å². The summed E-state index contributed by atoms with van der Waals surface area (Å²) in [7, 11) is -16.7. The van der Waals surface area contributed by atoms with Crippen LogP contribution in [0.15, 0.2) is 38.5 Å². The molecule has 2 aliphatic heterocycles. The highest BCUT2D eigenvalue weighted by Crippen LogP contribution is 2.86. The summed E-state index contributed by atoms with van der Waals surface area (Å²) in [6, 6.07) is 0. The summed E-state index contributed by atoms with van der Waals surface area (Å²) in [4.78, 5) is 0.